The molecule has 0 spiro atoms. The van der Waals surface area contributed by atoms with E-state index < -0.39 is 0 Å². The van der Waals surface area contributed by atoms with Crippen molar-refractivity contribution >= 4 is 38.5 Å². The van der Waals surface area contributed by atoms with Crippen LogP contribution in [0.4, 0.5) is 0 Å². The van der Waals surface area contributed by atoms with Crippen LogP contribution in [0.2, 0.25) is 5.02 Å². The zero-order chi connectivity index (χ0) is 22.0. The summed E-state index contributed by atoms with van der Waals surface area (Å²) in [5.74, 6) is 2.22. The minimum atomic E-state index is -0.190. The van der Waals surface area contributed by atoms with Gasteiger partial charge in [0.15, 0.2) is 11.0 Å². The predicted octanol–water partition coefficient (Wildman–Crippen LogP) is 6.47. The molecule has 0 aliphatic carbocycles. The Morgan fingerprint density at radius 1 is 0.968 bits per heavy atom. The molecule has 0 unspecified atom stereocenters. The lowest BCUT2D eigenvalue weighted by Crippen LogP contribution is -2.02. The van der Waals surface area contributed by atoms with Gasteiger partial charge in [-0.25, -0.2) is 0 Å². The highest BCUT2D eigenvalue weighted by Gasteiger charge is 2.17. The number of hydrogen-bond acceptors (Lipinski definition) is 5. The fourth-order valence-corrected chi connectivity index (χ4v) is 3.82. The summed E-state index contributed by atoms with van der Waals surface area (Å²) in [7, 11) is 3.18. The average molecular weight is 502 g/mol. The van der Waals surface area contributed by atoms with Crippen LogP contribution in [0.5, 0.6) is 17.2 Å². The van der Waals surface area contributed by atoms with E-state index in [0.29, 0.717) is 49.9 Å². The van der Waals surface area contributed by atoms with E-state index in [1.165, 1.54) is 6.07 Å². The first-order valence-corrected chi connectivity index (χ1v) is 10.5. The van der Waals surface area contributed by atoms with E-state index in [0.717, 1.165) is 11.3 Å². The van der Waals surface area contributed by atoms with Crippen LogP contribution in [0.25, 0.3) is 22.3 Å². The Morgan fingerprint density at radius 3 is 2.45 bits per heavy atom. The van der Waals surface area contributed by atoms with Gasteiger partial charge in [0, 0.05) is 6.07 Å². The molecule has 0 saturated carbocycles. The normalized spacial score (nSPS) is 10.8. The highest BCUT2D eigenvalue weighted by atomic mass is 79.9. The minimum absolute atomic E-state index is 0.190. The second-order valence-electron chi connectivity index (χ2n) is 6.71. The maximum absolute atomic E-state index is 12.6. The number of ether oxygens (including phenoxy) is 3. The number of methoxy groups -OCH3 is 2. The lowest BCUT2D eigenvalue weighted by molar-refractivity contribution is 0.303. The van der Waals surface area contributed by atoms with Crippen molar-refractivity contribution < 1.29 is 18.6 Å². The Bertz CT molecular complexity index is 1300. The fourth-order valence-electron chi connectivity index (χ4n) is 3.17. The second kappa shape index (κ2) is 9.04. The first-order valence-electron chi connectivity index (χ1n) is 9.36. The monoisotopic (exact) mass is 500 g/mol. The van der Waals surface area contributed by atoms with Gasteiger partial charge in [0.1, 0.15) is 29.6 Å². The maximum Gasteiger partial charge on any atom is 0.193 e. The zero-order valence-electron chi connectivity index (χ0n) is 16.8. The molecule has 0 fully saturated rings. The number of benzene rings is 3. The molecule has 158 valence electrons. The van der Waals surface area contributed by atoms with Gasteiger partial charge in [-0.05, 0) is 57.9 Å². The van der Waals surface area contributed by atoms with E-state index >= 15 is 0 Å². The SMILES string of the molecule is COc1ccc(COc2cc(-c3cc(=O)c4cccc(Cl)c4o3)c(OC)cc2Br)cc1. The highest BCUT2D eigenvalue weighted by molar-refractivity contribution is 9.10. The van der Waals surface area contributed by atoms with Gasteiger partial charge in [-0.1, -0.05) is 29.8 Å². The summed E-state index contributed by atoms with van der Waals surface area (Å²) in [6.07, 6.45) is 0. The van der Waals surface area contributed by atoms with Crippen molar-refractivity contribution in [1.29, 1.82) is 0 Å². The van der Waals surface area contributed by atoms with Crippen molar-refractivity contribution in [2.75, 3.05) is 14.2 Å². The van der Waals surface area contributed by atoms with E-state index in [1.807, 2.05) is 24.3 Å². The molecule has 4 rings (SSSR count). The summed E-state index contributed by atoms with van der Waals surface area (Å²) in [4.78, 5) is 12.6. The molecule has 0 bridgehead atoms. The molecule has 0 aliphatic heterocycles. The predicted molar refractivity (Wildman–Crippen MR) is 125 cm³/mol. The molecule has 0 amide bonds. The molecule has 7 heteroatoms. The quantitative estimate of drug-likeness (QED) is 0.303. The molecule has 31 heavy (non-hydrogen) atoms. The Kier molecular flexibility index (Phi) is 6.20. The van der Waals surface area contributed by atoms with E-state index in [2.05, 4.69) is 15.9 Å². The summed E-state index contributed by atoms with van der Waals surface area (Å²) >= 11 is 9.77. The van der Waals surface area contributed by atoms with Crippen LogP contribution in [-0.4, -0.2) is 14.2 Å². The van der Waals surface area contributed by atoms with Crippen LogP contribution < -0.4 is 19.6 Å². The molecule has 5 nitrogen and oxygen atoms in total. The lowest BCUT2D eigenvalue weighted by atomic mass is 10.1. The van der Waals surface area contributed by atoms with Crippen molar-refractivity contribution in [2.45, 2.75) is 6.61 Å². The molecule has 0 radical (unpaired) electrons. The third-order valence-electron chi connectivity index (χ3n) is 4.78. The molecular formula is C24H18BrClO5. The zero-order valence-corrected chi connectivity index (χ0v) is 19.1. The van der Waals surface area contributed by atoms with Crippen LogP contribution in [0.15, 0.2) is 74.3 Å². The van der Waals surface area contributed by atoms with Gasteiger partial charge in [-0.15, -0.1) is 0 Å². The van der Waals surface area contributed by atoms with E-state index in [-0.39, 0.29) is 5.43 Å². The first kappa shape index (κ1) is 21.3. The molecule has 0 atom stereocenters. The van der Waals surface area contributed by atoms with E-state index in [9.17, 15) is 4.79 Å². The minimum Gasteiger partial charge on any atom is -0.497 e. The molecule has 0 N–H and O–H groups in total. The first-order chi connectivity index (χ1) is 15.0. The summed E-state index contributed by atoms with van der Waals surface area (Å²) in [5.41, 5.74) is 1.70. The third kappa shape index (κ3) is 4.40. The number of para-hydroxylation sites is 1. The van der Waals surface area contributed by atoms with Crippen molar-refractivity contribution in [3.05, 3.63) is 85.9 Å². The average Bonchev–Trinajstić information content (AvgIpc) is 2.79. The molecule has 0 saturated heterocycles. The number of rotatable bonds is 6. The largest absolute Gasteiger partial charge is 0.497 e. The summed E-state index contributed by atoms with van der Waals surface area (Å²) in [6, 6.07) is 17.7. The molecule has 4 aromatic rings. The van der Waals surface area contributed by atoms with E-state index in [1.54, 1.807) is 44.6 Å². The van der Waals surface area contributed by atoms with Crippen molar-refractivity contribution in [2.24, 2.45) is 0 Å². The van der Waals surface area contributed by atoms with Gasteiger partial charge in [0.25, 0.3) is 0 Å². The van der Waals surface area contributed by atoms with Crippen molar-refractivity contribution in [1.82, 2.24) is 0 Å². The second-order valence-corrected chi connectivity index (χ2v) is 7.97. The number of fused-ring (bicyclic) bond motifs is 1. The Balaban J connectivity index is 1.73. The van der Waals surface area contributed by atoms with Gasteiger partial charge in [-0.3, -0.25) is 4.79 Å². The number of halogens is 2. The molecule has 1 aromatic heterocycles. The van der Waals surface area contributed by atoms with Crippen LogP contribution in [-0.2, 0) is 6.61 Å². The molecule has 0 aliphatic rings. The third-order valence-corrected chi connectivity index (χ3v) is 5.70. The summed E-state index contributed by atoms with van der Waals surface area (Å²) < 4.78 is 23.4. The topological polar surface area (TPSA) is 57.9 Å². The molecule has 3 aromatic carbocycles. The van der Waals surface area contributed by atoms with E-state index in [4.69, 9.17) is 30.2 Å². The van der Waals surface area contributed by atoms with Crippen molar-refractivity contribution in [3.63, 3.8) is 0 Å². The van der Waals surface area contributed by atoms with Gasteiger partial charge >= 0.3 is 0 Å². The van der Waals surface area contributed by atoms with Gasteiger partial charge in [-0.2, -0.15) is 0 Å². The summed E-state index contributed by atoms with van der Waals surface area (Å²) in [6.45, 7) is 0.349. The Morgan fingerprint density at radius 2 is 1.74 bits per heavy atom. The molecular weight excluding hydrogens is 484 g/mol. The lowest BCUT2D eigenvalue weighted by Gasteiger charge is -2.14. The van der Waals surface area contributed by atoms with Gasteiger partial charge in [0.2, 0.25) is 0 Å². The Hall–Kier alpha value is -2.96. The fraction of sp³-hybridized carbons (Fsp3) is 0.125. The standard InChI is InChI=1S/C24H18BrClO5/c1-28-15-8-6-14(7-9-15)13-30-23-10-17(21(29-2)11-18(23)25)22-12-20(27)16-4-3-5-19(26)24(16)31-22/h3-12H,13H2,1-2H3. The van der Waals surface area contributed by atoms with Crippen LogP contribution in [0.1, 0.15) is 5.56 Å². The van der Waals surface area contributed by atoms with Crippen LogP contribution >= 0.6 is 27.5 Å². The highest BCUT2D eigenvalue weighted by Crippen LogP contribution is 2.40. The number of hydrogen-bond donors (Lipinski definition) is 0. The van der Waals surface area contributed by atoms with Crippen LogP contribution in [0.3, 0.4) is 0 Å². The van der Waals surface area contributed by atoms with Gasteiger partial charge < -0.3 is 18.6 Å². The smallest absolute Gasteiger partial charge is 0.193 e. The van der Waals surface area contributed by atoms with Crippen LogP contribution in [0, 0.1) is 0 Å². The van der Waals surface area contributed by atoms with Crippen molar-refractivity contribution in [3.8, 4) is 28.6 Å². The Labute approximate surface area is 192 Å². The maximum atomic E-state index is 12.6. The summed E-state index contributed by atoms with van der Waals surface area (Å²) in [5, 5.41) is 0.784. The van der Waals surface area contributed by atoms with Gasteiger partial charge in [0.05, 0.1) is 34.7 Å². The molecule has 1 heterocycles.